The van der Waals surface area contributed by atoms with Crippen molar-refractivity contribution in [3.05, 3.63) is 53.5 Å². The van der Waals surface area contributed by atoms with Gasteiger partial charge in [0.15, 0.2) is 5.78 Å². The van der Waals surface area contributed by atoms with Gasteiger partial charge >= 0.3 is 5.97 Å². The first-order valence-electron chi connectivity index (χ1n) is 10.4. The molecular weight excluding hydrogens is 398 g/mol. The summed E-state index contributed by atoms with van der Waals surface area (Å²) in [5.74, 6) is -0.253. The van der Waals surface area contributed by atoms with E-state index in [-0.39, 0.29) is 24.7 Å². The lowest BCUT2D eigenvalue weighted by Crippen LogP contribution is -2.41. The summed E-state index contributed by atoms with van der Waals surface area (Å²) in [5.41, 5.74) is 2.78. The van der Waals surface area contributed by atoms with Gasteiger partial charge in [-0.3, -0.25) is 14.4 Å². The number of likely N-dealkylation sites (tertiary alicyclic amines) is 1. The number of carbonyl (C=O) groups excluding carboxylic acids is 3. The minimum atomic E-state index is -0.619. The van der Waals surface area contributed by atoms with Crippen LogP contribution in [-0.4, -0.2) is 51.4 Å². The fourth-order valence-electron chi connectivity index (χ4n) is 4.21. The molecule has 1 aliphatic rings. The van der Waals surface area contributed by atoms with Crippen molar-refractivity contribution in [3.8, 4) is 0 Å². The molecule has 0 bridgehead atoms. The highest BCUT2D eigenvalue weighted by Crippen LogP contribution is 2.25. The number of ketones is 1. The van der Waals surface area contributed by atoms with E-state index in [1.165, 1.54) is 11.8 Å². The molecule has 8 heteroatoms. The molecule has 1 saturated heterocycles. The number of nitrogens with zero attached hydrogens (tertiary/aromatic N) is 2. The lowest BCUT2D eigenvalue weighted by molar-refractivity contribution is -0.146. The molecule has 8 nitrogen and oxygen atoms in total. The molecule has 0 spiro atoms. The van der Waals surface area contributed by atoms with Crippen molar-refractivity contribution >= 4 is 28.6 Å². The second kappa shape index (κ2) is 8.75. The first-order valence-corrected chi connectivity index (χ1v) is 10.4. The van der Waals surface area contributed by atoms with Gasteiger partial charge in [0.05, 0.1) is 24.7 Å². The van der Waals surface area contributed by atoms with Crippen molar-refractivity contribution in [1.29, 1.82) is 0 Å². The SMILES string of the molecule is CC(=O)O[C@@H]1C[C@@H](C(=O)CCc2c[nH]c3ccccc23)N(C(=O)Cc2cc(C)no2)C1. The number of amides is 1. The fourth-order valence-corrected chi connectivity index (χ4v) is 4.21. The van der Waals surface area contributed by atoms with Gasteiger partial charge < -0.3 is 19.1 Å². The summed E-state index contributed by atoms with van der Waals surface area (Å²) in [7, 11) is 0. The topological polar surface area (TPSA) is 106 Å². The smallest absolute Gasteiger partial charge is 0.302 e. The molecule has 0 radical (unpaired) electrons. The van der Waals surface area contributed by atoms with Crippen LogP contribution in [0.5, 0.6) is 0 Å². The number of rotatable bonds is 7. The second-order valence-electron chi connectivity index (χ2n) is 7.97. The average Bonchev–Trinajstić information content (AvgIpc) is 3.44. The van der Waals surface area contributed by atoms with E-state index in [2.05, 4.69) is 10.1 Å². The van der Waals surface area contributed by atoms with Gasteiger partial charge in [-0.25, -0.2) is 0 Å². The van der Waals surface area contributed by atoms with E-state index < -0.39 is 18.1 Å². The minimum Gasteiger partial charge on any atom is -0.461 e. The maximum Gasteiger partial charge on any atom is 0.302 e. The summed E-state index contributed by atoms with van der Waals surface area (Å²) >= 11 is 0. The molecule has 0 saturated carbocycles. The van der Waals surface area contributed by atoms with E-state index in [1.54, 1.807) is 13.0 Å². The van der Waals surface area contributed by atoms with Crippen molar-refractivity contribution < 1.29 is 23.6 Å². The molecule has 1 aromatic carbocycles. The van der Waals surface area contributed by atoms with Crippen LogP contribution in [-0.2, 0) is 32.0 Å². The Labute approximate surface area is 179 Å². The molecule has 1 N–H and O–H groups in total. The van der Waals surface area contributed by atoms with Crippen molar-refractivity contribution in [2.24, 2.45) is 0 Å². The zero-order valence-corrected chi connectivity index (χ0v) is 17.6. The molecular formula is C23H25N3O5. The van der Waals surface area contributed by atoms with Crippen LogP contribution in [0.25, 0.3) is 10.9 Å². The maximum absolute atomic E-state index is 13.1. The number of esters is 1. The number of aromatic amines is 1. The Kier molecular flexibility index (Phi) is 5.88. The molecule has 0 unspecified atom stereocenters. The second-order valence-corrected chi connectivity index (χ2v) is 7.97. The van der Waals surface area contributed by atoms with Crippen LogP contribution in [0.15, 0.2) is 41.1 Å². The molecule has 1 aliphatic heterocycles. The summed E-state index contributed by atoms with van der Waals surface area (Å²) in [6.45, 7) is 3.31. The highest BCUT2D eigenvalue weighted by atomic mass is 16.5. The third-order valence-electron chi connectivity index (χ3n) is 5.61. The summed E-state index contributed by atoms with van der Waals surface area (Å²) in [4.78, 5) is 42.2. The van der Waals surface area contributed by atoms with Crippen LogP contribution in [0, 0.1) is 6.92 Å². The fraction of sp³-hybridized carbons (Fsp3) is 0.391. The largest absolute Gasteiger partial charge is 0.461 e. The number of hydrogen-bond donors (Lipinski definition) is 1. The van der Waals surface area contributed by atoms with Gasteiger partial charge in [-0.15, -0.1) is 0 Å². The molecule has 3 heterocycles. The standard InChI is InChI=1S/C23H25N3O5/c1-14-9-17(31-25-14)11-23(29)26-13-18(30-15(2)27)10-21(26)22(28)8-7-16-12-24-20-6-4-3-5-19(16)20/h3-6,9,12,18,21,24H,7-8,10-11,13H2,1-2H3/t18-,21+/m1/s1. The number of carbonyl (C=O) groups is 3. The van der Waals surface area contributed by atoms with E-state index in [1.807, 2.05) is 30.5 Å². The number of H-pyrrole nitrogens is 1. The van der Waals surface area contributed by atoms with E-state index in [4.69, 9.17) is 9.26 Å². The molecule has 2 aromatic heterocycles. The van der Waals surface area contributed by atoms with Crippen molar-refractivity contribution in [1.82, 2.24) is 15.0 Å². The zero-order valence-electron chi connectivity index (χ0n) is 17.6. The monoisotopic (exact) mass is 423 g/mol. The molecule has 4 rings (SSSR count). The number of Topliss-reactive ketones (excluding diaryl/α,β-unsaturated/α-hetero) is 1. The Hall–Kier alpha value is -3.42. The maximum atomic E-state index is 13.1. The normalized spacial score (nSPS) is 18.5. The summed E-state index contributed by atoms with van der Waals surface area (Å²) in [6, 6.07) is 9.02. The Morgan fingerprint density at radius 2 is 2.10 bits per heavy atom. The van der Waals surface area contributed by atoms with Crippen LogP contribution >= 0.6 is 0 Å². The van der Waals surface area contributed by atoms with Crippen LogP contribution < -0.4 is 0 Å². The number of nitrogens with one attached hydrogen (secondary N) is 1. The summed E-state index contributed by atoms with van der Waals surface area (Å²) < 4.78 is 10.5. The first kappa shape index (κ1) is 20.8. The number of benzene rings is 1. The van der Waals surface area contributed by atoms with Crippen molar-refractivity contribution in [3.63, 3.8) is 0 Å². The lowest BCUT2D eigenvalue weighted by atomic mass is 10.0. The van der Waals surface area contributed by atoms with Crippen LogP contribution in [0.1, 0.15) is 36.8 Å². The third-order valence-corrected chi connectivity index (χ3v) is 5.61. The molecule has 2 atom stereocenters. The molecule has 31 heavy (non-hydrogen) atoms. The van der Waals surface area contributed by atoms with Gasteiger partial charge in [0.1, 0.15) is 11.9 Å². The third kappa shape index (κ3) is 4.68. The van der Waals surface area contributed by atoms with Gasteiger partial charge in [0.2, 0.25) is 5.91 Å². The van der Waals surface area contributed by atoms with Crippen molar-refractivity contribution in [2.45, 2.75) is 51.7 Å². The molecule has 3 aromatic rings. The number of hydrogen-bond acceptors (Lipinski definition) is 6. The van der Waals surface area contributed by atoms with E-state index in [0.717, 1.165) is 16.5 Å². The van der Waals surface area contributed by atoms with Gasteiger partial charge in [-0.2, -0.15) is 0 Å². The van der Waals surface area contributed by atoms with Gasteiger partial charge in [0.25, 0.3) is 0 Å². The number of aromatic nitrogens is 2. The van der Waals surface area contributed by atoms with E-state index in [9.17, 15) is 14.4 Å². The molecule has 0 aliphatic carbocycles. The number of para-hydroxylation sites is 1. The van der Waals surface area contributed by atoms with Crippen LogP contribution in [0.3, 0.4) is 0 Å². The molecule has 1 fully saturated rings. The summed E-state index contributed by atoms with van der Waals surface area (Å²) in [5, 5.41) is 4.89. The van der Waals surface area contributed by atoms with E-state index in [0.29, 0.717) is 30.7 Å². The van der Waals surface area contributed by atoms with Gasteiger partial charge in [-0.1, -0.05) is 23.4 Å². The number of aryl methyl sites for hydroxylation is 2. The van der Waals surface area contributed by atoms with E-state index >= 15 is 0 Å². The summed E-state index contributed by atoms with van der Waals surface area (Å²) in [6.07, 6.45) is 2.63. The van der Waals surface area contributed by atoms with Gasteiger partial charge in [0, 0.05) is 42.9 Å². The highest BCUT2D eigenvalue weighted by molar-refractivity contribution is 5.91. The Morgan fingerprint density at radius 3 is 2.84 bits per heavy atom. The molecule has 1 amide bonds. The molecule has 162 valence electrons. The predicted molar refractivity (Wildman–Crippen MR) is 112 cm³/mol. The Morgan fingerprint density at radius 1 is 1.29 bits per heavy atom. The minimum absolute atomic E-state index is 0.0137. The Bertz CT molecular complexity index is 1120. The van der Waals surface area contributed by atoms with Gasteiger partial charge in [-0.05, 0) is 25.0 Å². The Balaban J connectivity index is 1.46. The quantitative estimate of drug-likeness (QED) is 0.586. The lowest BCUT2D eigenvalue weighted by Gasteiger charge is -2.23. The van der Waals surface area contributed by atoms with Crippen LogP contribution in [0.2, 0.25) is 0 Å². The predicted octanol–water partition coefficient (Wildman–Crippen LogP) is 2.74. The first-order chi connectivity index (χ1) is 14.9. The zero-order chi connectivity index (χ0) is 22.0. The van der Waals surface area contributed by atoms with Crippen LogP contribution in [0.4, 0.5) is 0 Å². The highest BCUT2D eigenvalue weighted by Gasteiger charge is 2.40. The number of ether oxygens (including phenoxy) is 1. The van der Waals surface area contributed by atoms with Crippen molar-refractivity contribution in [2.75, 3.05) is 6.54 Å². The number of fused-ring (bicyclic) bond motifs is 1. The average molecular weight is 423 g/mol.